The van der Waals surface area contributed by atoms with Gasteiger partial charge in [0.1, 0.15) is 5.69 Å². The van der Waals surface area contributed by atoms with Gasteiger partial charge < -0.3 is 5.32 Å². The number of hydrogen-bond acceptors (Lipinski definition) is 3. The van der Waals surface area contributed by atoms with Crippen LogP contribution in [0.4, 0.5) is 13.2 Å². The van der Waals surface area contributed by atoms with Crippen LogP contribution in [0.1, 0.15) is 5.69 Å². The Kier molecular flexibility index (Phi) is 3.10. The van der Waals surface area contributed by atoms with Crippen molar-refractivity contribution < 1.29 is 13.2 Å². The topological polar surface area (TPSA) is 42.7 Å². The zero-order valence-corrected chi connectivity index (χ0v) is 8.91. The van der Waals surface area contributed by atoms with Gasteiger partial charge in [0.15, 0.2) is 17.5 Å². The molecule has 0 unspecified atom stereocenters. The third kappa shape index (κ3) is 2.01. The SMILES string of the molecule is CNCc1cnnn1-c1ccc(F)c(F)c1F. The minimum atomic E-state index is -1.52. The second-order valence-electron chi connectivity index (χ2n) is 3.36. The van der Waals surface area contributed by atoms with Gasteiger partial charge in [-0.05, 0) is 19.2 Å². The molecule has 17 heavy (non-hydrogen) atoms. The Morgan fingerprint density at radius 2 is 2.00 bits per heavy atom. The van der Waals surface area contributed by atoms with E-state index in [9.17, 15) is 13.2 Å². The first-order chi connectivity index (χ1) is 8.15. The third-order valence-electron chi connectivity index (χ3n) is 2.22. The van der Waals surface area contributed by atoms with Crippen molar-refractivity contribution in [1.29, 1.82) is 0 Å². The van der Waals surface area contributed by atoms with Gasteiger partial charge in [0, 0.05) is 6.54 Å². The van der Waals surface area contributed by atoms with Crippen molar-refractivity contribution in [3.8, 4) is 5.69 Å². The Labute approximate surface area is 95.1 Å². The van der Waals surface area contributed by atoms with Gasteiger partial charge in [0.25, 0.3) is 0 Å². The summed E-state index contributed by atoms with van der Waals surface area (Å²) in [5.74, 6) is -4.04. The lowest BCUT2D eigenvalue weighted by Crippen LogP contribution is -2.12. The van der Waals surface area contributed by atoms with E-state index in [-0.39, 0.29) is 5.69 Å². The molecule has 1 N–H and O–H groups in total. The largest absolute Gasteiger partial charge is 0.314 e. The summed E-state index contributed by atoms with van der Waals surface area (Å²) in [6.07, 6.45) is 1.41. The highest BCUT2D eigenvalue weighted by atomic mass is 19.2. The molecule has 4 nitrogen and oxygen atoms in total. The third-order valence-corrected chi connectivity index (χ3v) is 2.22. The average molecular weight is 242 g/mol. The molecular formula is C10H9F3N4. The number of nitrogens with zero attached hydrogens (tertiary/aromatic N) is 3. The zero-order chi connectivity index (χ0) is 12.4. The quantitative estimate of drug-likeness (QED) is 0.827. The summed E-state index contributed by atoms with van der Waals surface area (Å²) in [5, 5.41) is 10.1. The molecule has 0 bridgehead atoms. The molecule has 0 amide bonds. The van der Waals surface area contributed by atoms with E-state index in [1.807, 2.05) is 0 Å². The van der Waals surface area contributed by atoms with Gasteiger partial charge in [0.05, 0.1) is 11.9 Å². The standard InChI is InChI=1S/C10H9F3N4/c1-14-4-6-5-15-16-17(6)8-3-2-7(11)9(12)10(8)13/h2-3,5,14H,4H2,1H3. The van der Waals surface area contributed by atoms with E-state index in [4.69, 9.17) is 0 Å². The number of rotatable bonds is 3. The van der Waals surface area contributed by atoms with Crippen molar-refractivity contribution in [2.75, 3.05) is 7.05 Å². The lowest BCUT2D eigenvalue weighted by atomic mass is 10.2. The molecule has 0 radical (unpaired) electrons. The van der Waals surface area contributed by atoms with Crippen LogP contribution in [0.15, 0.2) is 18.3 Å². The van der Waals surface area contributed by atoms with E-state index in [1.54, 1.807) is 7.05 Å². The van der Waals surface area contributed by atoms with E-state index in [2.05, 4.69) is 15.6 Å². The van der Waals surface area contributed by atoms with E-state index < -0.39 is 17.5 Å². The maximum absolute atomic E-state index is 13.5. The van der Waals surface area contributed by atoms with Crippen molar-refractivity contribution in [1.82, 2.24) is 20.3 Å². The van der Waals surface area contributed by atoms with E-state index in [1.165, 1.54) is 6.20 Å². The first-order valence-corrected chi connectivity index (χ1v) is 4.83. The summed E-state index contributed by atoms with van der Waals surface area (Å²) in [5.41, 5.74) is 0.365. The molecule has 0 fully saturated rings. The molecule has 0 aliphatic heterocycles. The molecule has 1 aromatic heterocycles. The van der Waals surface area contributed by atoms with Crippen molar-refractivity contribution in [3.63, 3.8) is 0 Å². The summed E-state index contributed by atoms with van der Waals surface area (Å²) >= 11 is 0. The molecule has 2 rings (SSSR count). The Morgan fingerprint density at radius 3 is 2.71 bits per heavy atom. The fraction of sp³-hybridized carbons (Fsp3) is 0.200. The smallest absolute Gasteiger partial charge is 0.196 e. The van der Waals surface area contributed by atoms with Crippen LogP contribution in [-0.4, -0.2) is 22.0 Å². The Hall–Kier alpha value is -1.89. The second kappa shape index (κ2) is 4.54. The molecular weight excluding hydrogens is 233 g/mol. The van der Waals surface area contributed by atoms with Crippen LogP contribution in [0.25, 0.3) is 5.69 Å². The summed E-state index contributed by atoms with van der Waals surface area (Å²) in [4.78, 5) is 0. The molecule has 90 valence electrons. The molecule has 1 aromatic carbocycles. The lowest BCUT2D eigenvalue weighted by Gasteiger charge is -2.07. The number of aromatic nitrogens is 3. The van der Waals surface area contributed by atoms with Gasteiger partial charge in [0.2, 0.25) is 0 Å². The lowest BCUT2D eigenvalue weighted by molar-refractivity contribution is 0.442. The van der Waals surface area contributed by atoms with Crippen LogP contribution in [-0.2, 0) is 6.54 Å². The highest BCUT2D eigenvalue weighted by Gasteiger charge is 2.17. The van der Waals surface area contributed by atoms with Crippen LogP contribution >= 0.6 is 0 Å². The fourth-order valence-electron chi connectivity index (χ4n) is 1.44. The average Bonchev–Trinajstić information content (AvgIpc) is 2.75. The van der Waals surface area contributed by atoms with Crippen molar-refractivity contribution in [2.24, 2.45) is 0 Å². The van der Waals surface area contributed by atoms with Crippen LogP contribution in [0.3, 0.4) is 0 Å². The van der Waals surface area contributed by atoms with E-state index in [0.29, 0.717) is 12.2 Å². The van der Waals surface area contributed by atoms with Crippen molar-refractivity contribution >= 4 is 0 Å². The molecule has 0 saturated carbocycles. The zero-order valence-electron chi connectivity index (χ0n) is 8.91. The van der Waals surface area contributed by atoms with Crippen LogP contribution in [0.2, 0.25) is 0 Å². The molecule has 2 aromatic rings. The van der Waals surface area contributed by atoms with Gasteiger partial charge in [-0.3, -0.25) is 0 Å². The highest BCUT2D eigenvalue weighted by molar-refractivity contribution is 5.35. The Bertz CT molecular complexity index is 538. The first-order valence-electron chi connectivity index (χ1n) is 4.83. The van der Waals surface area contributed by atoms with Crippen molar-refractivity contribution in [3.05, 3.63) is 41.5 Å². The second-order valence-corrected chi connectivity index (χ2v) is 3.36. The number of benzene rings is 1. The van der Waals surface area contributed by atoms with Crippen LogP contribution in [0.5, 0.6) is 0 Å². The predicted octanol–water partition coefficient (Wildman–Crippen LogP) is 1.40. The maximum Gasteiger partial charge on any atom is 0.196 e. The first kappa shape index (κ1) is 11.6. The number of hydrogen-bond donors (Lipinski definition) is 1. The van der Waals surface area contributed by atoms with E-state index in [0.717, 1.165) is 16.8 Å². The molecule has 0 aliphatic carbocycles. The summed E-state index contributed by atoms with van der Waals surface area (Å²) in [6, 6.07) is 1.96. The number of halogens is 3. The molecule has 7 heteroatoms. The molecule has 0 saturated heterocycles. The van der Waals surface area contributed by atoms with Crippen LogP contribution in [0, 0.1) is 17.5 Å². The van der Waals surface area contributed by atoms with Gasteiger partial charge >= 0.3 is 0 Å². The Morgan fingerprint density at radius 1 is 1.24 bits per heavy atom. The van der Waals surface area contributed by atoms with Crippen LogP contribution < -0.4 is 5.32 Å². The Balaban J connectivity index is 2.53. The van der Waals surface area contributed by atoms with Crippen molar-refractivity contribution in [2.45, 2.75) is 6.54 Å². The summed E-state index contributed by atoms with van der Waals surface area (Å²) in [6.45, 7) is 0.380. The maximum atomic E-state index is 13.5. The van der Waals surface area contributed by atoms with Gasteiger partial charge in [-0.25, -0.2) is 17.9 Å². The summed E-state index contributed by atoms with van der Waals surface area (Å²) < 4.78 is 40.5. The van der Waals surface area contributed by atoms with Gasteiger partial charge in [-0.1, -0.05) is 5.21 Å². The molecule has 0 aliphatic rings. The highest BCUT2D eigenvalue weighted by Crippen LogP contribution is 2.19. The summed E-state index contributed by atoms with van der Waals surface area (Å²) in [7, 11) is 1.69. The number of nitrogens with one attached hydrogen (secondary N) is 1. The monoisotopic (exact) mass is 242 g/mol. The minimum Gasteiger partial charge on any atom is -0.314 e. The molecule has 0 spiro atoms. The van der Waals surface area contributed by atoms with Gasteiger partial charge in [-0.15, -0.1) is 5.10 Å². The normalized spacial score (nSPS) is 10.8. The van der Waals surface area contributed by atoms with Gasteiger partial charge in [-0.2, -0.15) is 0 Å². The van der Waals surface area contributed by atoms with E-state index >= 15 is 0 Å². The minimum absolute atomic E-state index is 0.174. The molecule has 0 atom stereocenters. The molecule has 1 heterocycles. The predicted molar refractivity (Wildman–Crippen MR) is 54.0 cm³/mol. The fourth-order valence-corrected chi connectivity index (χ4v) is 1.44.